The number of hydrogen-bond donors (Lipinski definition) is 3. The molecule has 0 saturated heterocycles. The summed E-state index contributed by atoms with van der Waals surface area (Å²) in [5.74, 6) is -1.85. The van der Waals surface area contributed by atoms with Crippen molar-refractivity contribution in [3.63, 3.8) is 0 Å². The fraction of sp³-hybridized carbons (Fsp3) is 0.600. The van der Waals surface area contributed by atoms with Crippen LogP contribution in [0.1, 0.15) is 40.3 Å². The summed E-state index contributed by atoms with van der Waals surface area (Å²) in [5.41, 5.74) is -0.0422. The molecule has 1 aromatic heterocycles. The van der Waals surface area contributed by atoms with E-state index in [1.807, 2.05) is 0 Å². The minimum atomic E-state index is -1.07. The predicted molar refractivity (Wildman–Crippen MR) is 88.3 cm³/mol. The first kappa shape index (κ1) is 19.1. The van der Waals surface area contributed by atoms with E-state index in [1.54, 1.807) is 40.0 Å². The quantitative estimate of drug-likeness (QED) is 0.732. The molecular weight excluding hydrogens is 318 g/mol. The number of carboxylic acids is 1. The van der Waals surface area contributed by atoms with E-state index in [2.05, 4.69) is 15.6 Å². The van der Waals surface area contributed by atoms with Gasteiger partial charge in [-0.1, -0.05) is 34.6 Å². The zero-order valence-corrected chi connectivity index (χ0v) is 14.8. The van der Waals surface area contributed by atoms with Crippen molar-refractivity contribution in [2.75, 3.05) is 5.32 Å². The number of carbonyl (C=O) groups excluding carboxylic acids is 2. The van der Waals surface area contributed by atoms with Gasteiger partial charge in [0.1, 0.15) is 6.04 Å². The molecule has 1 heterocycles. The SMILES string of the molecule is CC(C)[C@H](NC(=O)Cc1csc(NC(=O)C(C)(C)C)n1)C(=O)O. The van der Waals surface area contributed by atoms with Crippen LogP contribution in [0.4, 0.5) is 5.13 Å². The summed E-state index contributed by atoms with van der Waals surface area (Å²) in [7, 11) is 0. The smallest absolute Gasteiger partial charge is 0.326 e. The standard InChI is InChI=1S/C15H23N3O4S/c1-8(2)11(12(20)21)17-10(19)6-9-7-23-14(16-9)18-13(22)15(3,4)5/h7-8,11H,6H2,1-5H3,(H,17,19)(H,20,21)(H,16,18,22)/t11-/m0/s1. The molecule has 23 heavy (non-hydrogen) atoms. The molecule has 2 amide bonds. The maximum absolute atomic E-state index is 11.9. The molecule has 0 fully saturated rings. The maximum atomic E-state index is 11.9. The third-order valence-electron chi connectivity index (χ3n) is 3.04. The number of carboxylic acid groups (broad SMARTS) is 1. The largest absolute Gasteiger partial charge is 0.480 e. The lowest BCUT2D eigenvalue weighted by Gasteiger charge is -2.17. The molecule has 8 heteroatoms. The molecule has 0 radical (unpaired) electrons. The van der Waals surface area contributed by atoms with Gasteiger partial charge in [-0.05, 0) is 5.92 Å². The number of amides is 2. The molecule has 0 unspecified atom stereocenters. The highest BCUT2D eigenvalue weighted by Gasteiger charge is 2.24. The molecule has 0 aliphatic heterocycles. The van der Waals surface area contributed by atoms with E-state index < -0.39 is 23.3 Å². The normalized spacial score (nSPS) is 12.8. The highest BCUT2D eigenvalue weighted by atomic mass is 32.1. The number of aromatic nitrogens is 1. The minimum Gasteiger partial charge on any atom is -0.480 e. The van der Waals surface area contributed by atoms with Gasteiger partial charge in [-0.15, -0.1) is 11.3 Å². The lowest BCUT2D eigenvalue weighted by atomic mass is 9.96. The Labute approximate surface area is 139 Å². The zero-order valence-electron chi connectivity index (χ0n) is 14.0. The van der Waals surface area contributed by atoms with Crippen molar-refractivity contribution in [2.24, 2.45) is 11.3 Å². The van der Waals surface area contributed by atoms with Crippen molar-refractivity contribution in [3.8, 4) is 0 Å². The van der Waals surface area contributed by atoms with Gasteiger partial charge in [-0.25, -0.2) is 9.78 Å². The van der Waals surface area contributed by atoms with Gasteiger partial charge in [0, 0.05) is 10.8 Å². The van der Waals surface area contributed by atoms with Crippen LogP contribution >= 0.6 is 11.3 Å². The molecular formula is C15H23N3O4S. The molecule has 1 aromatic rings. The van der Waals surface area contributed by atoms with Crippen molar-refractivity contribution in [3.05, 3.63) is 11.1 Å². The number of nitrogens with one attached hydrogen (secondary N) is 2. The number of anilines is 1. The summed E-state index contributed by atoms with van der Waals surface area (Å²) < 4.78 is 0. The van der Waals surface area contributed by atoms with Crippen LogP contribution in [0.25, 0.3) is 0 Å². The number of hydrogen-bond acceptors (Lipinski definition) is 5. The Balaban J connectivity index is 2.64. The lowest BCUT2D eigenvalue weighted by Crippen LogP contribution is -2.44. The Morgan fingerprint density at radius 3 is 2.39 bits per heavy atom. The molecule has 128 valence electrons. The van der Waals surface area contributed by atoms with E-state index in [0.717, 1.165) is 0 Å². The van der Waals surface area contributed by atoms with Gasteiger partial charge in [0.15, 0.2) is 5.13 Å². The third-order valence-corrected chi connectivity index (χ3v) is 3.85. The van der Waals surface area contributed by atoms with Crippen molar-refractivity contribution in [1.82, 2.24) is 10.3 Å². The summed E-state index contributed by atoms with van der Waals surface area (Å²) >= 11 is 1.23. The Kier molecular flexibility index (Phi) is 6.26. The van der Waals surface area contributed by atoms with Crippen LogP contribution in [-0.4, -0.2) is 33.9 Å². The van der Waals surface area contributed by atoms with Crippen molar-refractivity contribution in [2.45, 2.75) is 47.1 Å². The van der Waals surface area contributed by atoms with Gasteiger partial charge in [0.25, 0.3) is 0 Å². The van der Waals surface area contributed by atoms with E-state index >= 15 is 0 Å². The van der Waals surface area contributed by atoms with Crippen LogP contribution < -0.4 is 10.6 Å². The summed E-state index contributed by atoms with van der Waals surface area (Å²) in [6.45, 7) is 8.83. The van der Waals surface area contributed by atoms with Gasteiger partial charge in [-0.2, -0.15) is 0 Å². The molecule has 3 N–H and O–H groups in total. The van der Waals surface area contributed by atoms with E-state index in [0.29, 0.717) is 10.8 Å². The molecule has 7 nitrogen and oxygen atoms in total. The van der Waals surface area contributed by atoms with Crippen LogP contribution in [0.2, 0.25) is 0 Å². The highest BCUT2D eigenvalue weighted by molar-refractivity contribution is 7.13. The van der Waals surface area contributed by atoms with Gasteiger partial charge in [0.05, 0.1) is 12.1 Å². The molecule has 0 bridgehead atoms. The first-order chi connectivity index (χ1) is 10.5. The van der Waals surface area contributed by atoms with Crippen LogP contribution in [0, 0.1) is 11.3 Å². The van der Waals surface area contributed by atoms with Gasteiger partial charge in [-0.3, -0.25) is 9.59 Å². The molecule has 1 atom stereocenters. The highest BCUT2D eigenvalue weighted by Crippen LogP contribution is 2.20. The lowest BCUT2D eigenvalue weighted by molar-refractivity contribution is -0.143. The second-order valence-corrected chi connectivity index (χ2v) is 7.51. The number of thiazole rings is 1. The van der Waals surface area contributed by atoms with Gasteiger partial charge >= 0.3 is 5.97 Å². The predicted octanol–water partition coefficient (Wildman–Crippen LogP) is 1.90. The summed E-state index contributed by atoms with van der Waals surface area (Å²) in [5, 5.41) is 16.3. The van der Waals surface area contributed by atoms with Gasteiger partial charge < -0.3 is 15.7 Å². The monoisotopic (exact) mass is 341 g/mol. The Hall–Kier alpha value is -1.96. The third kappa shape index (κ3) is 5.97. The van der Waals surface area contributed by atoms with Crippen LogP contribution in [-0.2, 0) is 20.8 Å². The average molecular weight is 341 g/mol. The number of aliphatic carboxylic acids is 1. The van der Waals surface area contributed by atoms with Crippen molar-refractivity contribution >= 4 is 34.3 Å². The zero-order chi connectivity index (χ0) is 17.8. The number of carbonyl (C=O) groups is 3. The van der Waals surface area contributed by atoms with E-state index in [1.165, 1.54) is 11.3 Å². The molecule has 0 saturated carbocycles. The van der Waals surface area contributed by atoms with E-state index in [9.17, 15) is 14.4 Å². The number of rotatable bonds is 6. The Morgan fingerprint density at radius 1 is 1.30 bits per heavy atom. The van der Waals surface area contributed by atoms with E-state index in [4.69, 9.17) is 5.11 Å². The minimum absolute atomic E-state index is 0.0294. The summed E-state index contributed by atoms with van der Waals surface area (Å²) in [6.07, 6.45) is -0.0294. The van der Waals surface area contributed by atoms with Crippen LogP contribution in [0.3, 0.4) is 0 Å². The topological polar surface area (TPSA) is 108 Å². The fourth-order valence-electron chi connectivity index (χ4n) is 1.63. The maximum Gasteiger partial charge on any atom is 0.326 e. The first-order valence-electron chi connectivity index (χ1n) is 7.28. The van der Waals surface area contributed by atoms with Crippen LogP contribution in [0.15, 0.2) is 5.38 Å². The molecule has 0 aliphatic carbocycles. The Bertz CT molecular complexity index is 590. The molecule has 0 aromatic carbocycles. The van der Waals surface area contributed by atoms with Crippen molar-refractivity contribution in [1.29, 1.82) is 0 Å². The summed E-state index contributed by atoms with van der Waals surface area (Å²) in [6, 6.07) is -0.929. The molecule has 1 rings (SSSR count). The molecule has 0 spiro atoms. The second-order valence-electron chi connectivity index (χ2n) is 6.65. The number of nitrogens with zero attached hydrogens (tertiary/aromatic N) is 1. The van der Waals surface area contributed by atoms with E-state index in [-0.39, 0.29) is 18.2 Å². The fourth-order valence-corrected chi connectivity index (χ4v) is 2.34. The van der Waals surface area contributed by atoms with Crippen LogP contribution in [0.5, 0.6) is 0 Å². The summed E-state index contributed by atoms with van der Waals surface area (Å²) in [4.78, 5) is 39.0. The van der Waals surface area contributed by atoms with Gasteiger partial charge in [0.2, 0.25) is 11.8 Å². The molecule has 0 aliphatic rings. The van der Waals surface area contributed by atoms with Crippen molar-refractivity contribution < 1.29 is 19.5 Å². The average Bonchev–Trinajstić information content (AvgIpc) is 2.81. The Morgan fingerprint density at radius 2 is 1.91 bits per heavy atom. The second kappa shape index (κ2) is 7.54. The first-order valence-corrected chi connectivity index (χ1v) is 8.16.